The van der Waals surface area contributed by atoms with E-state index in [4.69, 9.17) is 0 Å². The van der Waals surface area contributed by atoms with E-state index < -0.39 is 0 Å². The van der Waals surface area contributed by atoms with Crippen molar-refractivity contribution in [2.45, 2.75) is 26.7 Å². The first-order valence-electron chi connectivity index (χ1n) is 7.76. The zero-order valence-corrected chi connectivity index (χ0v) is 15.4. The standard InChI is InChI=1S/C18H22BrN3O/c1-4-5-10-22(3)18(23)14-8-9-20-17(12-14)21-16-7-6-13(2)11-15(16)19/h6-9,11-12H,4-5,10H2,1-3H3,(H,20,21). The van der Waals surface area contributed by atoms with Crippen LogP contribution in [0.2, 0.25) is 0 Å². The number of aromatic nitrogens is 1. The minimum absolute atomic E-state index is 0.0203. The number of benzene rings is 1. The van der Waals surface area contributed by atoms with E-state index in [1.165, 1.54) is 5.56 Å². The van der Waals surface area contributed by atoms with Gasteiger partial charge in [0.05, 0.1) is 5.69 Å². The lowest BCUT2D eigenvalue weighted by Gasteiger charge is -2.17. The van der Waals surface area contributed by atoms with Crippen molar-refractivity contribution in [3.05, 3.63) is 52.1 Å². The van der Waals surface area contributed by atoms with Gasteiger partial charge in [-0.3, -0.25) is 4.79 Å². The van der Waals surface area contributed by atoms with Crippen LogP contribution in [0.1, 0.15) is 35.7 Å². The van der Waals surface area contributed by atoms with Crippen molar-refractivity contribution in [2.75, 3.05) is 18.9 Å². The smallest absolute Gasteiger partial charge is 0.253 e. The molecule has 4 nitrogen and oxygen atoms in total. The van der Waals surface area contributed by atoms with Crippen molar-refractivity contribution >= 4 is 33.3 Å². The fourth-order valence-corrected chi connectivity index (χ4v) is 2.80. The van der Waals surface area contributed by atoms with Gasteiger partial charge in [-0.1, -0.05) is 19.4 Å². The third-order valence-electron chi connectivity index (χ3n) is 3.59. The number of hydrogen-bond acceptors (Lipinski definition) is 3. The Hall–Kier alpha value is -1.88. The van der Waals surface area contributed by atoms with Gasteiger partial charge in [-0.25, -0.2) is 4.98 Å². The van der Waals surface area contributed by atoms with E-state index in [1.807, 2.05) is 32.2 Å². The topological polar surface area (TPSA) is 45.2 Å². The fourth-order valence-electron chi connectivity index (χ4n) is 2.21. The summed E-state index contributed by atoms with van der Waals surface area (Å²) in [6.45, 7) is 4.92. The quantitative estimate of drug-likeness (QED) is 0.790. The van der Waals surface area contributed by atoms with Crippen LogP contribution in [-0.4, -0.2) is 29.4 Å². The number of unbranched alkanes of at least 4 members (excludes halogenated alkanes) is 1. The van der Waals surface area contributed by atoms with Crippen molar-refractivity contribution in [3.8, 4) is 0 Å². The van der Waals surface area contributed by atoms with Gasteiger partial charge >= 0.3 is 0 Å². The largest absolute Gasteiger partial charge is 0.342 e. The number of amides is 1. The van der Waals surface area contributed by atoms with E-state index >= 15 is 0 Å². The minimum atomic E-state index is 0.0203. The first-order chi connectivity index (χ1) is 11.0. The van der Waals surface area contributed by atoms with Crippen LogP contribution in [-0.2, 0) is 0 Å². The zero-order valence-electron chi connectivity index (χ0n) is 13.8. The zero-order chi connectivity index (χ0) is 16.8. The molecule has 1 heterocycles. The molecule has 0 saturated heterocycles. The summed E-state index contributed by atoms with van der Waals surface area (Å²) in [5.41, 5.74) is 2.74. The van der Waals surface area contributed by atoms with Crippen LogP contribution in [0.4, 0.5) is 11.5 Å². The van der Waals surface area contributed by atoms with Crippen LogP contribution in [0.3, 0.4) is 0 Å². The number of pyridine rings is 1. The monoisotopic (exact) mass is 375 g/mol. The number of carbonyl (C=O) groups excluding carboxylic acids is 1. The fraction of sp³-hybridized carbons (Fsp3) is 0.333. The van der Waals surface area contributed by atoms with Crippen LogP contribution in [0.25, 0.3) is 0 Å². The van der Waals surface area contributed by atoms with Gasteiger partial charge in [0, 0.05) is 29.8 Å². The van der Waals surface area contributed by atoms with Crippen LogP contribution >= 0.6 is 15.9 Å². The van der Waals surface area contributed by atoms with Gasteiger partial charge in [0.25, 0.3) is 5.91 Å². The number of hydrogen-bond donors (Lipinski definition) is 1. The van der Waals surface area contributed by atoms with Crippen LogP contribution in [0.15, 0.2) is 41.0 Å². The highest BCUT2D eigenvalue weighted by molar-refractivity contribution is 9.10. The van der Waals surface area contributed by atoms with Crippen LogP contribution in [0, 0.1) is 6.92 Å². The summed E-state index contributed by atoms with van der Waals surface area (Å²) in [6, 6.07) is 9.59. The molecule has 0 bridgehead atoms. The lowest BCUT2D eigenvalue weighted by Crippen LogP contribution is -2.27. The Kier molecular flexibility index (Phi) is 6.16. The first-order valence-corrected chi connectivity index (χ1v) is 8.55. The molecule has 23 heavy (non-hydrogen) atoms. The molecule has 122 valence electrons. The van der Waals surface area contributed by atoms with Crippen LogP contribution < -0.4 is 5.32 Å². The molecule has 1 aromatic carbocycles. The highest BCUT2D eigenvalue weighted by atomic mass is 79.9. The van der Waals surface area contributed by atoms with Crippen molar-refractivity contribution in [2.24, 2.45) is 0 Å². The second kappa shape index (κ2) is 8.11. The molecule has 2 rings (SSSR count). The van der Waals surface area contributed by atoms with Gasteiger partial charge in [0.15, 0.2) is 0 Å². The molecular weight excluding hydrogens is 354 g/mol. The Bertz CT molecular complexity index is 688. The highest BCUT2D eigenvalue weighted by Crippen LogP contribution is 2.26. The number of carbonyl (C=O) groups is 1. The molecule has 1 amide bonds. The van der Waals surface area contributed by atoms with Gasteiger partial charge in [-0.05, 0) is 59.1 Å². The number of nitrogens with one attached hydrogen (secondary N) is 1. The summed E-state index contributed by atoms with van der Waals surface area (Å²) < 4.78 is 0.969. The second-order valence-corrected chi connectivity index (χ2v) is 6.47. The summed E-state index contributed by atoms with van der Waals surface area (Å²) in [7, 11) is 1.84. The lowest BCUT2D eigenvalue weighted by molar-refractivity contribution is 0.0793. The Morgan fingerprint density at radius 1 is 1.30 bits per heavy atom. The lowest BCUT2D eigenvalue weighted by atomic mass is 10.2. The number of anilines is 2. The van der Waals surface area contributed by atoms with E-state index in [2.05, 4.69) is 33.2 Å². The Morgan fingerprint density at radius 2 is 2.09 bits per heavy atom. The molecular formula is C18H22BrN3O. The molecule has 0 aliphatic rings. The van der Waals surface area contributed by atoms with E-state index in [-0.39, 0.29) is 5.91 Å². The summed E-state index contributed by atoms with van der Waals surface area (Å²) in [5, 5.41) is 3.25. The predicted molar refractivity (Wildman–Crippen MR) is 98.3 cm³/mol. The number of halogens is 1. The molecule has 0 aliphatic heterocycles. The SMILES string of the molecule is CCCCN(C)C(=O)c1ccnc(Nc2ccc(C)cc2Br)c1. The third kappa shape index (κ3) is 4.79. The average molecular weight is 376 g/mol. The molecule has 0 unspecified atom stereocenters. The maximum atomic E-state index is 12.4. The van der Waals surface area contributed by atoms with Crippen LogP contribution in [0.5, 0.6) is 0 Å². The maximum Gasteiger partial charge on any atom is 0.253 e. The van der Waals surface area contributed by atoms with Gasteiger partial charge in [-0.15, -0.1) is 0 Å². The second-order valence-electron chi connectivity index (χ2n) is 5.62. The molecule has 0 atom stereocenters. The predicted octanol–water partition coefficient (Wildman–Crippen LogP) is 4.77. The first kappa shape index (κ1) is 17.5. The normalized spacial score (nSPS) is 10.4. The van der Waals surface area contributed by atoms with Gasteiger partial charge in [0.1, 0.15) is 5.82 Å². The highest BCUT2D eigenvalue weighted by Gasteiger charge is 2.12. The molecule has 1 aromatic heterocycles. The number of aryl methyl sites for hydroxylation is 1. The van der Waals surface area contributed by atoms with Crippen molar-refractivity contribution in [1.82, 2.24) is 9.88 Å². The summed E-state index contributed by atoms with van der Waals surface area (Å²) in [4.78, 5) is 18.5. The van der Waals surface area contributed by atoms with E-state index in [0.717, 1.165) is 29.5 Å². The Balaban J connectivity index is 2.14. The summed E-state index contributed by atoms with van der Waals surface area (Å²) >= 11 is 3.54. The molecule has 0 fully saturated rings. The van der Waals surface area contributed by atoms with Gasteiger partial charge < -0.3 is 10.2 Å². The Morgan fingerprint density at radius 3 is 2.78 bits per heavy atom. The minimum Gasteiger partial charge on any atom is -0.342 e. The van der Waals surface area contributed by atoms with Crippen molar-refractivity contribution in [3.63, 3.8) is 0 Å². The van der Waals surface area contributed by atoms with Gasteiger partial charge in [0.2, 0.25) is 0 Å². The number of rotatable bonds is 6. The van der Waals surface area contributed by atoms with E-state index in [1.54, 1.807) is 23.2 Å². The molecule has 1 N–H and O–H groups in total. The molecule has 2 aromatic rings. The summed E-state index contributed by atoms with van der Waals surface area (Å²) in [5.74, 6) is 0.677. The maximum absolute atomic E-state index is 12.4. The Labute approximate surface area is 146 Å². The van der Waals surface area contributed by atoms with Gasteiger partial charge in [-0.2, -0.15) is 0 Å². The molecule has 0 spiro atoms. The number of nitrogens with zero attached hydrogens (tertiary/aromatic N) is 2. The van der Waals surface area contributed by atoms with Crippen molar-refractivity contribution < 1.29 is 4.79 Å². The van der Waals surface area contributed by atoms with Crippen molar-refractivity contribution in [1.29, 1.82) is 0 Å². The molecule has 0 saturated carbocycles. The molecule has 0 radical (unpaired) electrons. The summed E-state index contributed by atoms with van der Waals surface area (Å²) in [6.07, 6.45) is 3.74. The molecule has 5 heteroatoms. The van der Waals surface area contributed by atoms with E-state index in [0.29, 0.717) is 11.4 Å². The molecule has 0 aliphatic carbocycles. The third-order valence-corrected chi connectivity index (χ3v) is 4.24. The average Bonchev–Trinajstić information content (AvgIpc) is 2.55. The van der Waals surface area contributed by atoms with E-state index in [9.17, 15) is 4.79 Å².